The summed E-state index contributed by atoms with van der Waals surface area (Å²) in [6.07, 6.45) is 0. The predicted molar refractivity (Wildman–Crippen MR) is 118 cm³/mol. The van der Waals surface area contributed by atoms with Crippen molar-refractivity contribution in [3.05, 3.63) is 75.5 Å². The number of rotatable bonds is 7. The van der Waals surface area contributed by atoms with Gasteiger partial charge in [-0.3, -0.25) is 4.90 Å². The second kappa shape index (κ2) is 9.62. The Morgan fingerprint density at radius 2 is 1.71 bits per heavy atom. The van der Waals surface area contributed by atoms with Crippen molar-refractivity contribution in [2.45, 2.75) is 18.0 Å². The quantitative estimate of drug-likeness (QED) is 0.510. The molecule has 1 aliphatic heterocycles. The minimum absolute atomic E-state index is 0.260. The molecule has 0 N–H and O–H groups in total. The Bertz CT molecular complexity index is 1110. The van der Waals surface area contributed by atoms with Crippen molar-refractivity contribution in [2.75, 3.05) is 26.2 Å². The van der Waals surface area contributed by atoms with E-state index in [0.29, 0.717) is 50.1 Å². The third-order valence-corrected chi connectivity index (χ3v) is 7.98. The molecule has 1 aliphatic rings. The molecule has 164 valence electrons. The topological polar surface area (TPSA) is 62.7 Å². The molecule has 2 aromatic carbocycles. The van der Waals surface area contributed by atoms with Crippen LogP contribution in [0.15, 0.2) is 58.8 Å². The lowest BCUT2D eigenvalue weighted by molar-refractivity contribution is 0.180. The molecule has 31 heavy (non-hydrogen) atoms. The average molecular weight is 482 g/mol. The summed E-state index contributed by atoms with van der Waals surface area (Å²) in [6, 6.07) is 12.1. The van der Waals surface area contributed by atoms with Crippen molar-refractivity contribution < 1.29 is 17.5 Å². The van der Waals surface area contributed by atoms with E-state index in [9.17, 15) is 12.8 Å². The summed E-state index contributed by atoms with van der Waals surface area (Å²) in [5.74, 6) is 0.293. The number of piperazine rings is 1. The summed E-state index contributed by atoms with van der Waals surface area (Å²) in [4.78, 5) is 7.04. The number of benzene rings is 2. The SMILES string of the molecule is O=S(=O)(c1ccc(Cl)cc1)N1CCN(Cc2csc(COc3ccc(F)cc3)n2)CC1. The van der Waals surface area contributed by atoms with Crippen LogP contribution in [-0.2, 0) is 23.2 Å². The van der Waals surface area contributed by atoms with Gasteiger partial charge in [0.2, 0.25) is 10.0 Å². The lowest BCUT2D eigenvalue weighted by Gasteiger charge is -2.33. The highest BCUT2D eigenvalue weighted by Gasteiger charge is 2.28. The number of thiazole rings is 1. The Balaban J connectivity index is 1.28. The van der Waals surface area contributed by atoms with Gasteiger partial charge in [-0.05, 0) is 48.5 Å². The van der Waals surface area contributed by atoms with Crippen molar-refractivity contribution in [1.82, 2.24) is 14.2 Å². The van der Waals surface area contributed by atoms with E-state index in [2.05, 4.69) is 9.88 Å². The van der Waals surface area contributed by atoms with Crippen molar-refractivity contribution in [1.29, 1.82) is 0 Å². The van der Waals surface area contributed by atoms with E-state index in [1.54, 1.807) is 24.3 Å². The molecule has 4 rings (SSSR count). The van der Waals surface area contributed by atoms with Gasteiger partial charge in [0, 0.05) is 43.1 Å². The number of aromatic nitrogens is 1. The highest BCUT2D eigenvalue weighted by atomic mass is 35.5. The van der Waals surface area contributed by atoms with Gasteiger partial charge in [-0.25, -0.2) is 17.8 Å². The van der Waals surface area contributed by atoms with E-state index in [0.717, 1.165) is 10.7 Å². The van der Waals surface area contributed by atoms with Crippen LogP contribution in [0.5, 0.6) is 5.75 Å². The summed E-state index contributed by atoms with van der Waals surface area (Å²) in [6.45, 7) is 3.09. The Kier molecular flexibility index (Phi) is 6.88. The van der Waals surface area contributed by atoms with Crippen LogP contribution < -0.4 is 4.74 Å². The zero-order valence-corrected chi connectivity index (χ0v) is 19.0. The number of sulfonamides is 1. The molecule has 6 nitrogen and oxygen atoms in total. The van der Waals surface area contributed by atoms with Gasteiger partial charge in [0.25, 0.3) is 0 Å². The van der Waals surface area contributed by atoms with Gasteiger partial charge in [-0.15, -0.1) is 11.3 Å². The second-order valence-corrected chi connectivity index (χ2v) is 10.4. The molecule has 0 spiro atoms. The molecule has 0 unspecified atom stereocenters. The normalized spacial score (nSPS) is 15.8. The Hall–Kier alpha value is -2.04. The van der Waals surface area contributed by atoms with Gasteiger partial charge in [0.05, 0.1) is 10.6 Å². The van der Waals surface area contributed by atoms with Crippen LogP contribution in [0.2, 0.25) is 5.02 Å². The van der Waals surface area contributed by atoms with Gasteiger partial charge < -0.3 is 4.74 Å². The first-order chi connectivity index (χ1) is 14.9. The van der Waals surface area contributed by atoms with Crippen LogP contribution in [0.4, 0.5) is 4.39 Å². The van der Waals surface area contributed by atoms with Crippen molar-refractivity contribution >= 4 is 33.0 Å². The van der Waals surface area contributed by atoms with E-state index in [-0.39, 0.29) is 10.7 Å². The van der Waals surface area contributed by atoms with E-state index in [1.807, 2.05) is 5.38 Å². The molecule has 0 aliphatic carbocycles. The molecule has 1 fully saturated rings. The van der Waals surface area contributed by atoms with E-state index in [1.165, 1.54) is 39.9 Å². The molecule has 1 saturated heterocycles. The molecular weight excluding hydrogens is 461 g/mol. The lowest BCUT2D eigenvalue weighted by atomic mass is 10.3. The average Bonchev–Trinajstić information content (AvgIpc) is 3.21. The highest BCUT2D eigenvalue weighted by molar-refractivity contribution is 7.89. The van der Waals surface area contributed by atoms with Crippen LogP contribution in [0.1, 0.15) is 10.7 Å². The maximum Gasteiger partial charge on any atom is 0.243 e. The van der Waals surface area contributed by atoms with Gasteiger partial charge in [-0.2, -0.15) is 4.31 Å². The fourth-order valence-corrected chi connectivity index (χ4v) is 5.52. The molecule has 3 aromatic rings. The molecule has 0 atom stereocenters. The van der Waals surface area contributed by atoms with E-state index >= 15 is 0 Å². The maximum atomic E-state index is 13.0. The maximum absolute atomic E-state index is 13.0. The molecule has 0 saturated carbocycles. The van der Waals surface area contributed by atoms with Crippen LogP contribution in [-0.4, -0.2) is 48.8 Å². The predicted octanol–water partition coefficient (Wildman–Crippen LogP) is 4.02. The number of ether oxygens (including phenoxy) is 1. The fourth-order valence-electron chi connectivity index (χ4n) is 3.28. The Morgan fingerprint density at radius 1 is 1.03 bits per heavy atom. The zero-order valence-electron chi connectivity index (χ0n) is 16.6. The number of hydrogen-bond donors (Lipinski definition) is 0. The molecule has 0 radical (unpaired) electrons. The van der Waals surface area contributed by atoms with Gasteiger partial charge in [-0.1, -0.05) is 11.6 Å². The summed E-state index contributed by atoms with van der Waals surface area (Å²) in [5.41, 5.74) is 0.928. The van der Waals surface area contributed by atoms with Crippen LogP contribution >= 0.6 is 22.9 Å². The van der Waals surface area contributed by atoms with Crippen molar-refractivity contribution in [3.8, 4) is 5.75 Å². The summed E-state index contributed by atoms with van der Waals surface area (Å²) in [5, 5.41) is 3.33. The first kappa shape index (κ1) is 22.2. The Morgan fingerprint density at radius 3 is 2.39 bits per heavy atom. The fraction of sp³-hybridized carbons (Fsp3) is 0.286. The van der Waals surface area contributed by atoms with Crippen molar-refractivity contribution in [3.63, 3.8) is 0 Å². The highest BCUT2D eigenvalue weighted by Crippen LogP contribution is 2.21. The molecule has 2 heterocycles. The van der Waals surface area contributed by atoms with E-state index < -0.39 is 10.0 Å². The molecular formula is C21H21ClFN3O3S2. The third-order valence-electron chi connectivity index (χ3n) is 4.94. The zero-order chi connectivity index (χ0) is 21.8. The van der Waals surface area contributed by atoms with Crippen LogP contribution in [0.25, 0.3) is 0 Å². The van der Waals surface area contributed by atoms with Crippen LogP contribution in [0.3, 0.4) is 0 Å². The monoisotopic (exact) mass is 481 g/mol. The van der Waals surface area contributed by atoms with Crippen molar-refractivity contribution in [2.24, 2.45) is 0 Å². The lowest BCUT2D eigenvalue weighted by Crippen LogP contribution is -2.48. The van der Waals surface area contributed by atoms with Crippen LogP contribution in [0, 0.1) is 5.82 Å². The molecule has 10 heteroatoms. The largest absolute Gasteiger partial charge is 0.486 e. The van der Waals surface area contributed by atoms with Gasteiger partial charge in [0.15, 0.2) is 0 Å². The standard InChI is InChI=1S/C21H21ClFN3O3S2/c22-16-1-7-20(8-2-16)31(27,28)26-11-9-25(10-12-26)13-18-15-30-21(24-18)14-29-19-5-3-17(23)4-6-19/h1-8,15H,9-14H2. The summed E-state index contributed by atoms with van der Waals surface area (Å²) >= 11 is 7.37. The summed E-state index contributed by atoms with van der Waals surface area (Å²) in [7, 11) is -3.51. The number of nitrogens with zero attached hydrogens (tertiary/aromatic N) is 3. The molecule has 0 amide bonds. The minimum atomic E-state index is -3.51. The van der Waals surface area contributed by atoms with Gasteiger partial charge >= 0.3 is 0 Å². The van der Waals surface area contributed by atoms with Gasteiger partial charge in [0.1, 0.15) is 23.2 Å². The number of hydrogen-bond acceptors (Lipinski definition) is 6. The molecule has 1 aromatic heterocycles. The smallest absolute Gasteiger partial charge is 0.243 e. The van der Waals surface area contributed by atoms with E-state index in [4.69, 9.17) is 16.3 Å². The summed E-state index contributed by atoms with van der Waals surface area (Å²) < 4.78 is 45.7. The molecule has 0 bridgehead atoms. The first-order valence-corrected chi connectivity index (χ1v) is 12.4. The second-order valence-electron chi connectivity index (χ2n) is 7.11. The minimum Gasteiger partial charge on any atom is -0.486 e. The third kappa shape index (κ3) is 5.61. The Labute approximate surface area is 189 Å². The number of halogens is 2. The first-order valence-electron chi connectivity index (χ1n) is 9.70.